The summed E-state index contributed by atoms with van der Waals surface area (Å²) in [4.78, 5) is 0. The van der Waals surface area contributed by atoms with Gasteiger partial charge in [0, 0.05) is 6.61 Å². The zero-order valence-electron chi connectivity index (χ0n) is 7.33. The zero-order chi connectivity index (χ0) is 8.39. The van der Waals surface area contributed by atoms with Gasteiger partial charge in [-0.1, -0.05) is 6.42 Å². The van der Waals surface area contributed by atoms with Gasteiger partial charge < -0.3 is 4.74 Å². The molecule has 1 saturated carbocycles. The van der Waals surface area contributed by atoms with Gasteiger partial charge in [0.1, 0.15) is 0 Å². The van der Waals surface area contributed by atoms with E-state index in [4.69, 9.17) is 10.00 Å². The van der Waals surface area contributed by atoms with Crippen molar-refractivity contribution in [1.82, 2.24) is 0 Å². The maximum absolute atomic E-state index is 8.90. The van der Waals surface area contributed by atoms with Crippen LogP contribution in [0.4, 0.5) is 0 Å². The van der Waals surface area contributed by atoms with Crippen molar-refractivity contribution in [3.8, 4) is 6.07 Å². The molecule has 2 rings (SSSR count). The second-order valence-corrected chi connectivity index (χ2v) is 3.90. The summed E-state index contributed by atoms with van der Waals surface area (Å²) in [5.74, 6) is 0.888. The van der Waals surface area contributed by atoms with Crippen LogP contribution in [0.5, 0.6) is 0 Å². The van der Waals surface area contributed by atoms with Gasteiger partial charge in [0.15, 0.2) is 0 Å². The van der Waals surface area contributed by atoms with E-state index >= 15 is 0 Å². The molecule has 2 fully saturated rings. The highest BCUT2D eigenvalue weighted by atomic mass is 16.5. The Balaban J connectivity index is 1.95. The lowest BCUT2D eigenvalue weighted by Crippen LogP contribution is -2.38. The molecular formula is C10H15NO. The van der Waals surface area contributed by atoms with Crippen LogP contribution in [-0.2, 0) is 4.74 Å². The van der Waals surface area contributed by atoms with Crippen LogP contribution >= 0.6 is 0 Å². The van der Waals surface area contributed by atoms with E-state index in [0.29, 0.717) is 5.92 Å². The summed E-state index contributed by atoms with van der Waals surface area (Å²) in [6.07, 6.45) is 6.30. The molecule has 1 aliphatic carbocycles. The normalized spacial score (nSPS) is 36.9. The number of nitrogens with zero attached hydrogens (tertiary/aromatic N) is 1. The van der Waals surface area contributed by atoms with Gasteiger partial charge in [0.2, 0.25) is 0 Å². The third kappa shape index (κ3) is 1.34. The third-order valence-electron chi connectivity index (χ3n) is 3.15. The van der Waals surface area contributed by atoms with Crippen molar-refractivity contribution < 1.29 is 4.74 Å². The van der Waals surface area contributed by atoms with E-state index in [1.54, 1.807) is 0 Å². The maximum atomic E-state index is 8.90. The molecule has 12 heavy (non-hydrogen) atoms. The van der Waals surface area contributed by atoms with E-state index in [-0.39, 0.29) is 12.0 Å². The van der Waals surface area contributed by atoms with Crippen LogP contribution in [0.3, 0.4) is 0 Å². The Morgan fingerprint density at radius 1 is 1.17 bits per heavy atom. The molecule has 2 nitrogen and oxygen atoms in total. The van der Waals surface area contributed by atoms with Gasteiger partial charge in [0.05, 0.1) is 18.1 Å². The van der Waals surface area contributed by atoms with Gasteiger partial charge in [-0.25, -0.2) is 0 Å². The third-order valence-corrected chi connectivity index (χ3v) is 3.15. The Hall–Kier alpha value is -0.550. The Morgan fingerprint density at radius 3 is 2.58 bits per heavy atom. The Labute approximate surface area is 73.5 Å². The molecule has 0 aromatic rings. The van der Waals surface area contributed by atoms with E-state index in [9.17, 15) is 0 Å². The van der Waals surface area contributed by atoms with Gasteiger partial charge in [0.25, 0.3) is 0 Å². The zero-order valence-corrected chi connectivity index (χ0v) is 7.33. The summed E-state index contributed by atoms with van der Waals surface area (Å²) in [5, 5.41) is 8.90. The summed E-state index contributed by atoms with van der Waals surface area (Å²) in [6, 6.07) is 2.38. The van der Waals surface area contributed by atoms with Gasteiger partial charge in [-0.2, -0.15) is 5.26 Å². The Morgan fingerprint density at radius 2 is 2.00 bits per heavy atom. The molecule has 66 valence electrons. The fraction of sp³-hybridized carbons (Fsp3) is 0.900. The van der Waals surface area contributed by atoms with Crippen molar-refractivity contribution in [2.45, 2.75) is 38.2 Å². The van der Waals surface area contributed by atoms with Crippen LogP contribution in [0.15, 0.2) is 0 Å². The molecule has 2 unspecified atom stereocenters. The summed E-state index contributed by atoms with van der Waals surface area (Å²) >= 11 is 0. The van der Waals surface area contributed by atoms with Crippen molar-refractivity contribution in [1.29, 1.82) is 5.26 Å². The SMILES string of the molecule is N#CC1CCCOC1C1CCC1. The number of hydrogen-bond donors (Lipinski definition) is 0. The fourth-order valence-electron chi connectivity index (χ4n) is 2.17. The van der Waals surface area contributed by atoms with Crippen LogP contribution < -0.4 is 0 Å². The minimum absolute atomic E-state index is 0.184. The van der Waals surface area contributed by atoms with Crippen LogP contribution in [0.1, 0.15) is 32.1 Å². The van der Waals surface area contributed by atoms with Crippen LogP contribution in [0, 0.1) is 23.2 Å². The molecule has 2 heteroatoms. The summed E-state index contributed by atoms with van der Waals surface area (Å²) in [6.45, 7) is 0.874. The smallest absolute Gasteiger partial charge is 0.0761 e. The number of nitriles is 1. The standard InChI is InChI=1S/C10H15NO/c11-7-9-5-2-6-12-10(9)8-3-1-4-8/h8-10H,1-6H2. The van der Waals surface area contributed by atoms with Crippen molar-refractivity contribution in [2.24, 2.45) is 11.8 Å². The van der Waals surface area contributed by atoms with E-state index < -0.39 is 0 Å². The molecule has 0 amide bonds. The quantitative estimate of drug-likeness (QED) is 0.596. The van der Waals surface area contributed by atoms with Crippen molar-refractivity contribution in [3.63, 3.8) is 0 Å². The molecule has 0 bridgehead atoms. The molecular weight excluding hydrogens is 150 g/mol. The van der Waals surface area contributed by atoms with E-state index in [1.807, 2.05) is 0 Å². The number of rotatable bonds is 1. The summed E-state index contributed by atoms with van der Waals surface area (Å²) < 4.78 is 5.66. The van der Waals surface area contributed by atoms with Gasteiger partial charge in [-0.3, -0.25) is 0 Å². The Kier molecular flexibility index (Phi) is 2.32. The molecule has 1 saturated heterocycles. The number of ether oxygens (including phenoxy) is 1. The predicted octanol–water partition coefficient (Wildman–Crippen LogP) is 2.11. The first-order valence-corrected chi connectivity index (χ1v) is 4.93. The maximum Gasteiger partial charge on any atom is 0.0761 e. The molecule has 0 N–H and O–H groups in total. The fourth-order valence-corrected chi connectivity index (χ4v) is 2.17. The predicted molar refractivity (Wildman–Crippen MR) is 45.4 cm³/mol. The van der Waals surface area contributed by atoms with Crippen LogP contribution in [0.2, 0.25) is 0 Å². The van der Waals surface area contributed by atoms with Crippen LogP contribution in [0.25, 0.3) is 0 Å². The molecule has 0 spiro atoms. The average Bonchev–Trinajstić information content (AvgIpc) is 2.02. The van der Waals surface area contributed by atoms with Gasteiger partial charge in [-0.05, 0) is 31.6 Å². The summed E-state index contributed by atoms with van der Waals surface area (Å²) in [5.41, 5.74) is 0. The first-order chi connectivity index (χ1) is 5.92. The minimum Gasteiger partial charge on any atom is -0.377 e. The van der Waals surface area contributed by atoms with Gasteiger partial charge in [-0.15, -0.1) is 0 Å². The summed E-state index contributed by atoms with van der Waals surface area (Å²) in [7, 11) is 0. The van der Waals surface area contributed by atoms with Crippen molar-refractivity contribution >= 4 is 0 Å². The first kappa shape index (κ1) is 8.07. The first-order valence-electron chi connectivity index (χ1n) is 4.93. The lowest BCUT2D eigenvalue weighted by molar-refractivity contribution is -0.0642. The molecule has 2 atom stereocenters. The highest BCUT2D eigenvalue weighted by Crippen LogP contribution is 2.37. The largest absolute Gasteiger partial charge is 0.377 e. The van der Waals surface area contributed by atoms with Crippen LogP contribution in [-0.4, -0.2) is 12.7 Å². The van der Waals surface area contributed by atoms with E-state index in [2.05, 4.69) is 6.07 Å². The highest BCUT2D eigenvalue weighted by molar-refractivity contribution is 4.95. The van der Waals surface area contributed by atoms with Crippen molar-refractivity contribution in [3.05, 3.63) is 0 Å². The Bertz CT molecular complexity index is 193. The lowest BCUT2D eigenvalue weighted by Gasteiger charge is -2.38. The molecule has 1 heterocycles. The second kappa shape index (κ2) is 3.45. The lowest BCUT2D eigenvalue weighted by atomic mass is 9.75. The molecule has 0 aromatic heterocycles. The minimum atomic E-state index is 0.184. The van der Waals surface area contributed by atoms with Crippen molar-refractivity contribution in [2.75, 3.05) is 6.61 Å². The van der Waals surface area contributed by atoms with E-state index in [1.165, 1.54) is 19.3 Å². The molecule has 0 aromatic carbocycles. The highest BCUT2D eigenvalue weighted by Gasteiger charge is 2.35. The molecule has 0 radical (unpaired) electrons. The second-order valence-electron chi connectivity index (χ2n) is 3.90. The molecule has 1 aliphatic heterocycles. The van der Waals surface area contributed by atoms with Gasteiger partial charge >= 0.3 is 0 Å². The monoisotopic (exact) mass is 165 g/mol. The molecule has 2 aliphatic rings. The topological polar surface area (TPSA) is 33.0 Å². The van der Waals surface area contributed by atoms with E-state index in [0.717, 1.165) is 19.4 Å². The number of hydrogen-bond acceptors (Lipinski definition) is 2. The average molecular weight is 165 g/mol.